The fraction of sp³-hybridized carbons (Fsp3) is 0.174. The summed E-state index contributed by atoms with van der Waals surface area (Å²) in [6.07, 6.45) is 0.724. The number of benzene rings is 2. The molecule has 0 saturated heterocycles. The maximum absolute atomic E-state index is 13.0. The molecule has 0 aliphatic heterocycles. The van der Waals surface area contributed by atoms with E-state index in [4.69, 9.17) is 0 Å². The number of nitrogens with one attached hydrogen (secondary N) is 1. The number of hydrogen-bond donors (Lipinski definition) is 1. The van der Waals surface area contributed by atoms with Gasteiger partial charge in [0.15, 0.2) is 5.16 Å². The summed E-state index contributed by atoms with van der Waals surface area (Å²) in [5.41, 5.74) is 3.60. The van der Waals surface area contributed by atoms with E-state index in [1.165, 1.54) is 23.1 Å². The topological polar surface area (TPSA) is 64.0 Å². The Morgan fingerprint density at radius 1 is 1.10 bits per heavy atom. The molecule has 7 heteroatoms. The van der Waals surface area contributed by atoms with E-state index in [1.54, 1.807) is 4.57 Å². The smallest absolute Gasteiger partial charge is 0.272 e. The Morgan fingerprint density at radius 3 is 2.67 bits per heavy atom. The van der Waals surface area contributed by atoms with Crippen molar-refractivity contribution in [3.05, 3.63) is 87.5 Å². The molecule has 1 N–H and O–H groups in total. The minimum absolute atomic E-state index is 0.0484. The lowest BCUT2D eigenvalue weighted by atomic mass is 10.1. The number of aryl methyl sites for hydroxylation is 2. The van der Waals surface area contributed by atoms with Crippen LogP contribution in [0.3, 0.4) is 0 Å². The number of hydrogen-bond acceptors (Lipinski definition) is 5. The third-order valence-corrected chi connectivity index (χ3v) is 6.62. The van der Waals surface area contributed by atoms with Gasteiger partial charge in [-0.15, -0.1) is 11.3 Å². The van der Waals surface area contributed by atoms with Crippen molar-refractivity contribution in [3.8, 4) is 0 Å². The first kappa shape index (κ1) is 20.4. The van der Waals surface area contributed by atoms with Crippen molar-refractivity contribution in [2.24, 2.45) is 0 Å². The maximum Gasteiger partial charge on any atom is 0.272 e. The van der Waals surface area contributed by atoms with Gasteiger partial charge in [-0.3, -0.25) is 14.2 Å². The van der Waals surface area contributed by atoms with E-state index >= 15 is 0 Å². The van der Waals surface area contributed by atoms with Crippen molar-refractivity contribution in [1.29, 1.82) is 0 Å². The predicted molar refractivity (Wildman–Crippen MR) is 125 cm³/mol. The average Bonchev–Trinajstić information content (AvgIpc) is 3.23. The van der Waals surface area contributed by atoms with Crippen molar-refractivity contribution in [1.82, 2.24) is 9.55 Å². The molecule has 5 nitrogen and oxygen atoms in total. The summed E-state index contributed by atoms with van der Waals surface area (Å²) >= 11 is 2.69. The number of fused-ring (bicyclic) bond motifs is 1. The summed E-state index contributed by atoms with van der Waals surface area (Å²) in [4.78, 5) is 30.2. The molecular weight excluding hydrogens is 414 g/mol. The fourth-order valence-corrected chi connectivity index (χ4v) is 4.75. The minimum atomic E-state index is -0.122. The van der Waals surface area contributed by atoms with Crippen molar-refractivity contribution >= 4 is 44.9 Å². The summed E-state index contributed by atoms with van der Waals surface area (Å²) in [7, 11) is 0. The monoisotopic (exact) mass is 435 g/mol. The van der Waals surface area contributed by atoms with E-state index in [0.717, 1.165) is 23.2 Å². The molecule has 2 heterocycles. The third-order valence-electron chi connectivity index (χ3n) is 4.75. The van der Waals surface area contributed by atoms with Gasteiger partial charge < -0.3 is 5.32 Å². The SMILES string of the molecule is Cc1ccccc1NC(=O)CSc1nc2ccsc2c(=O)n1CCc1ccccc1. The third kappa shape index (κ3) is 4.63. The average molecular weight is 436 g/mol. The second-order valence-electron chi connectivity index (χ2n) is 6.87. The van der Waals surface area contributed by atoms with Crippen LogP contribution in [-0.2, 0) is 17.8 Å². The van der Waals surface area contributed by atoms with Crippen LogP contribution in [0.2, 0.25) is 0 Å². The predicted octanol–water partition coefficient (Wildman–Crippen LogP) is 4.74. The first-order chi connectivity index (χ1) is 14.6. The highest BCUT2D eigenvalue weighted by Gasteiger charge is 2.14. The lowest BCUT2D eigenvalue weighted by molar-refractivity contribution is -0.113. The van der Waals surface area contributed by atoms with E-state index in [9.17, 15) is 9.59 Å². The molecule has 0 spiro atoms. The first-order valence-corrected chi connectivity index (χ1v) is 11.5. The summed E-state index contributed by atoms with van der Waals surface area (Å²) in [6.45, 7) is 2.47. The Balaban J connectivity index is 1.54. The largest absolute Gasteiger partial charge is 0.325 e. The number of carbonyl (C=O) groups excluding carboxylic acids is 1. The molecule has 0 atom stereocenters. The van der Waals surface area contributed by atoms with Gasteiger partial charge in [0.05, 0.1) is 11.3 Å². The van der Waals surface area contributed by atoms with Gasteiger partial charge in [0.1, 0.15) is 4.70 Å². The van der Waals surface area contributed by atoms with Gasteiger partial charge >= 0.3 is 0 Å². The normalized spacial score (nSPS) is 11.0. The number of rotatable bonds is 7. The molecule has 2 aromatic carbocycles. The summed E-state index contributed by atoms with van der Waals surface area (Å²) in [5, 5.41) is 5.38. The molecule has 152 valence electrons. The number of thiophene rings is 1. The van der Waals surface area contributed by atoms with Gasteiger partial charge in [0.2, 0.25) is 5.91 Å². The van der Waals surface area contributed by atoms with E-state index in [1.807, 2.05) is 73.0 Å². The van der Waals surface area contributed by atoms with Crippen LogP contribution in [-0.4, -0.2) is 21.2 Å². The number of anilines is 1. The zero-order valence-electron chi connectivity index (χ0n) is 16.5. The summed E-state index contributed by atoms with van der Waals surface area (Å²) in [6, 6.07) is 19.6. The highest BCUT2D eigenvalue weighted by molar-refractivity contribution is 7.99. The summed E-state index contributed by atoms with van der Waals surface area (Å²) in [5.74, 6) is 0.0606. The zero-order chi connectivity index (χ0) is 20.9. The molecule has 4 aromatic rings. The van der Waals surface area contributed by atoms with Crippen molar-refractivity contribution in [2.75, 3.05) is 11.1 Å². The van der Waals surface area contributed by atoms with E-state index in [-0.39, 0.29) is 17.2 Å². The first-order valence-electron chi connectivity index (χ1n) is 9.62. The fourth-order valence-electron chi connectivity index (χ4n) is 3.15. The molecule has 0 saturated carbocycles. The van der Waals surface area contributed by atoms with Crippen molar-refractivity contribution in [2.45, 2.75) is 25.0 Å². The maximum atomic E-state index is 13.0. The molecule has 2 aromatic heterocycles. The number of carbonyl (C=O) groups is 1. The number of thioether (sulfide) groups is 1. The second kappa shape index (κ2) is 9.28. The number of nitrogens with zero attached hydrogens (tertiary/aromatic N) is 2. The zero-order valence-corrected chi connectivity index (χ0v) is 18.1. The van der Waals surface area contributed by atoms with E-state index in [2.05, 4.69) is 10.3 Å². The highest BCUT2D eigenvalue weighted by atomic mass is 32.2. The molecule has 4 rings (SSSR count). The molecule has 30 heavy (non-hydrogen) atoms. The van der Waals surface area contributed by atoms with Crippen LogP contribution in [0.1, 0.15) is 11.1 Å². The minimum Gasteiger partial charge on any atom is -0.325 e. The number of amides is 1. The van der Waals surface area contributed by atoms with Crippen molar-refractivity contribution in [3.63, 3.8) is 0 Å². The lowest BCUT2D eigenvalue weighted by Gasteiger charge is -2.12. The van der Waals surface area contributed by atoms with Crippen molar-refractivity contribution < 1.29 is 4.79 Å². The van der Waals surface area contributed by atoms with Gasteiger partial charge in [-0.05, 0) is 42.0 Å². The molecule has 0 aliphatic rings. The van der Waals surface area contributed by atoms with Gasteiger partial charge in [-0.25, -0.2) is 4.98 Å². The quantitative estimate of drug-likeness (QED) is 0.336. The van der Waals surface area contributed by atoms with E-state index < -0.39 is 0 Å². The Hall–Kier alpha value is -2.90. The van der Waals surface area contributed by atoms with Gasteiger partial charge in [-0.2, -0.15) is 0 Å². The Kier molecular flexibility index (Phi) is 6.30. The highest BCUT2D eigenvalue weighted by Crippen LogP contribution is 2.22. The summed E-state index contributed by atoms with van der Waals surface area (Å²) < 4.78 is 2.34. The Labute approximate surface area is 182 Å². The van der Waals surface area contributed by atoms with Crippen LogP contribution < -0.4 is 10.9 Å². The molecular formula is C23H21N3O2S2. The Bertz CT molecular complexity index is 1230. The molecule has 1 amide bonds. The standard InChI is InChI=1S/C23H21N3O2S2/c1-16-7-5-6-10-18(16)24-20(27)15-30-23-25-19-12-14-29-21(19)22(28)26(23)13-11-17-8-3-2-4-9-17/h2-10,12,14H,11,13,15H2,1H3,(H,24,27). The molecule has 0 fully saturated rings. The lowest BCUT2D eigenvalue weighted by Crippen LogP contribution is -2.24. The molecule has 0 aliphatic carbocycles. The molecule has 0 bridgehead atoms. The second-order valence-corrected chi connectivity index (χ2v) is 8.73. The van der Waals surface area contributed by atoms with Crippen LogP contribution in [0.4, 0.5) is 5.69 Å². The number of aromatic nitrogens is 2. The van der Waals surface area contributed by atoms with Crippen LogP contribution in [0.5, 0.6) is 0 Å². The molecule has 0 radical (unpaired) electrons. The van der Waals surface area contributed by atoms with Crippen LogP contribution >= 0.6 is 23.1 Å². The van der Waals surface area contributed by atoms with E-state index in [0.29, 0.717) is 21.9 Å². The molecule has 0 unspecified atom stereocenters. The number of para-hydroxylation sites is 1. The van der Waals surface area contributed by atoms with Gasteiger partial charge in [-0.1, -0.05) is 60.3 Å². The van der Waals surface area contributed by atoms with Crippen LogP contribution in [0, 0.1) is 6.92 Å². The Morgan fingerprint density at radius 2 is 1.87 bits per heavy atom. The van der Waals surface area contributed by atoms with Gasteiger partial charge in [0.25, 0.3) is 5.56 Å². The van der Waals surface area contributed by atoms with Crippen LogP contribution in [0.15, 0.2) is 76.0 Å². The van der Waals surface area contributed by atoms with Crippen LogP contribution in [0.25, 0.3) is 10.2 Å². The van der Waals surface area contributed by atoms with Gasteiger partial charge in [0, 0.05) is 12.2 Å².